The zero-order chi connectivity index (χ0) is 77.8. The molecule has 0 spiro atoms. The second kappa shape index (κ2) is 25.1. The standard InChI is InChI=1S/C107H89BN4O2/c1-64-46-50-89-81(54-64)82-55-67(104(2,3)4)47-51-90(82)109(89)71-60-85-77-36-22-26-44-97(77)113-95-42-24-20-34-75(95)79-40-28-38-73(65-30-16-14-17-31-65)100(79)111-93-58-70(107(11,12)13)59-94-99(93)108(87(62-71)102(85)111)88-63-72(110-91-52-48-68(105(5,6)7)56-83(91)84-57-69(106(8,9)10)49-53-92(84)110)61-86-78-37-23-27-45-98(78)114-96-43-25-21-35-76(96)80-41-29-39-74(66-32-18-15-19-33-66)101(80)112(94)103(86)88/h14-63H,1-13H3. The molecule has 0 radical (unpaired) electrons. The van der Waals surface area contributed by atoms with Gasteiger partial charge in [-0.3, -0.25) is 0 Å². The molecule has 6 heterocycles. The monoisotopic (exact) mass is 1470 g/mol. The Morgan fingerprint density at radius 2 is 0.570 bits per heavy atom. The molecule has 0 aliphatic carbocycles. The molecule has 4 aliphatic rings. The van der Waals surface area contributed by atoms with Gasteiger partial charge in [-0.15, -0.1) is 0 Å². The molecule has 0 atom stereocenters. The van der Waals surface area contributed by atoms with Gasteiger partial charge in [-0.05, 0) is 188 Å². The van der Waals surface area contributed by atoms with Crippen LogP contribution in [0.5, 0.6) is 23.0 Å². The Bertz CT molecular complexity index is 6720. The van der Waals surface area contributed by atoms with Crippen LogP contribution in [-0.2, 0) is 21.7 Å². The highest BCUT2D eigenvalue weighted by Crippen LogP contribution is 2.60. The Labute approximate surface area is 668 Å². The highest BCUT2D eigenvalue weighted by atomic mass is 16.5. The number of hydrogen-bond acceptors (Lipinski definition) is 4. The van der Waals surface area contributed by atoms with Gasteiger partial charge in [0.2, 0.25) is 0 Å². The van der Waals surface area contributed by atoms with Crippen molar-refractivity contribution < 1.29 is 9.47 Å². The molecule has 7 heteroatoms. The molecule has 2 aromatic heterocycles. The maximum absolute atomic E-state index is 7.69. The van der Waals surface area contributed by atoms with E-state index in [4.69, 9.17) is 9.47 Å². The second-order valence-corrected chi connectivity index (χ2v) is 36.1. The van der Waals surface area contributed by atoms with Gasteiger partial charge >= 0.3 is 0 Å². The third-order valence-corrected chi connectivity index (χ3v) is 24.7. The average molecular weight is 1470 g/mol. The highest BCUT2D eigenvalue weighted by Gasteiger charge is 2.49. The molecular formula is C107H89BN4O2. The van der Waals surface area contributed by atoms with Crippen molar-refractivity contribution in [3.05, 3.63) is 331 Å². The van der Waals surface area contributed by atoms with Crippen molar-refractivity contribution in [2.45, 2.75) is 112 Å². The maximum atomic E-state index is 7.69. The molecule has 21 rings (SSSR count). The number of nitrogens with zero attached hydrogens (tertiary/aromatic N) is 4. The van der Waals surface area contributed by atoms with Crippen LogP contribution in [0.15, 0.2) is 303 Å². The van der Waals surface area contributed by atoms with Gasteiger partial charge in [-0.2, -0.15) is 0 Å². The van der Waals surface area contributed by atoms with Crippen molar-refractivity contribution in [1.29, 1.82) is 0 Å². The minimum atomic E-state index is -0.471. The third kappa shape index (κ3) is 10.7. The van der Waals surface area contributed by atoms with E-state index in [9.17, 15) is 0 Å². The number of fused-ring (bicyclic) bond motifs is 22. The third-order valence-electron chi connectivity index (χ3n) is 24.7. The number of para-hydroxylation sites is 6. The van der Waals surface area contributed by atoms with E-state index in [2.05, 4.69) is 412 Å². The van der Waals surface area contributed by atoms with Gasteiger partial charge in [0.05, 0.1) is 33.4 Å². The van der Waals surface area contributed by atoms with Crippen molar-refractivity contribution in [2.75, 3.05) is 9.80 Å². The Kier molecular flexibility index (Phi) is 15.2. The summed E-state index contributed by atoms with van der Waals surface area (Å²) in [7, 11) is 0. The van der Waals surface area contributed by atoms with E-state index < -0.39 is 12.1 Å². The van der Waals surface area contributed by atoms with Gasteiger partial charge in [0.1, 0.15) is 23.0 Å². The lowest BCUT2D eigenvalue weighted by molar-refractivity contribution is 0.486. The lowest BCUT2D eigenvalue weighted by atomic mass is 9.33. The van der Waals surface area contributed by atoms with Crippen molar-refractivity contribution in [3.63, 3.8) is 0 Å². The Morgan fingerprint density at radius 3 is 0.939 bits per heavy atom. The number of aromatic nitrogens is 2. The second-order valence-electron chi connectivity index (χ2n) is 36.1. The smallest absolute Gasteiger partial charge is 0.252 e. The molecule has 0 saturated heterocycles. The van der Waals surface area contributed by atoms with E-state index in [1.807, 2.05) is 0 Å². The summed E-state index contributed by atoms with van der Waals surface area (Å²) < 4.78 is 20.5. The molecule has 0 amide bonds. The molecule has 552 valence electrons. The number of rotatable bonds is 4. The largest absolute Gasteiger partial charge is 0.456 e. The Morgan fingerprint density at radius 1 is 0.254 bits per heavy atom. The summed E-state index contributed by atoms with van der Waals surface area (Å²) in [5.74, 6) is 3.08. The Balaban J connectivity index is 1.02. The van der Waals surface area contributed by atoms with Crippen LogP contribution in [0.2, 0.25) is 0 Å². The average Bonchev–Trinajstić information content (AvgIpc) is 0.850. The molecule has 0 N–H and O–H groups in total. The minimum Gasteiger partial charge on any atom is -0.456 e. The van der Waals surface area contributed by atoms with Gasteiger partial charge in [-0.25, -0.2) is 0 Å². The summed E-state index contributed by atoms with van der Waals surface area (Å²) >= 11 is 0. The highest BCUT2D eigenvalue weighted by molar-refractivity contribution is 7.00. The number of anilines is 6. The summed E-state index contributed by atoms with van der Waals surface area (Å²) in [5, 5.41) is 4.89. The molecule has 4 aliphatic heterocycles. The molecule has 17 aromatic rings. The molecule has 114 heavy (non-hydrogen) atoms. The fourth-order valence-corrected chi connectivity index (χ4v) is 19.0. The van der Waals surface area contributed by atoms with Crippen molar-refractivity contribution in [3.8, 4) is 101 Å². The Hall–Kier alpha value is -12.8. The van der Waals surface area contributed by atoms with E-state index in [-0.39, 0.29) is 16.2 Å². The topological polar surface area (TPSA) is 34.8 Å². The zero-order valence-electron chi connectivity index (χ0n) is 67.1. The van der Waals surface area contributed by atoms with Gasteiger partial charge in [-0.1, -0.05) is 283 Å². The van der Waals surface area contributed by atoms with E-state index in [1.165, 1.54) is 54.8 Å². The number of aryl methyl sites for hydroxylation is 1. The van der Waals surface area contributed by atoms with Crippen molar-refractivity contribution in [1.82, 2.24) is 9.13 Å². The summed E-state index contributed by atoms with van der Waals surface area (Å²) in [6, 6.07) is 115. The van der Waals surface area contributed by atoms with E-state index >= 15 is 0 Å². The molecule has 0 saturated carbocycles. The van der Waals surface area contributed by atoms with E-state index in [0.717, 1.165) is 168 Å². The first-order chi connectivity index (χ1) is 55.0. The van der Waals surface area contributed by atoms with Crippen LogP contribution in [0.3, 0.4) is 0 Å². The SMILES string of the molecule is Cc1ccc2c(c1)c1cc(C(C)(C)C)ccc1n2-c1cc2c3c(c1)-c1ccccc1Oc1ccccc1-c1cccc(-c4ccccc4)c1N3c1cc(C(C)(C)C)cc3c1B2c1cc(-n2c4ccc(C(C)(C)C)cc4c4cc(C(C)(C)C)ccc42)cc2c1N3c1c(-c3ccccc3)cccc1-c1ccccc1Oc1ccccc1-2. The fraction of sp³-hybridized carbons (Fsp3) is 0.159. The maximum Gasteiger partial charge on any atom is 0.252 e. The first-order valence-electron chi connectivity index (χ1n) is 40.4. The lowest BCUT2D eigenvalue weighted by Gasteiger charge is -2.48. The van der Waals surface area contributed by atoms with Crippen LogP contribution in [0, 0.1) is 6.92 Å². The molecule has 0 fully saturated rings. The quantitative estimate of drug-likeness (QED) is 0.165. The van der Waals surface area contributed by atoms with Gasteiger partial charge in [0.15, 0.2) is 0 Å². The number of hydrogen-bond donors (Lipinski definition) is 0. The predicted molar refractivity (Wildman–Crippen MR) is 481 cm³/mol. The number of benzene rings is 15. The van der Waals surface area contributed by atoms with Gasteiger partial charge in [0, 0.05) is 111 Å². The summed E-state index contributed by atoms with van der Waals surface area (Å²) in [4.78, 5) is 5.49. The van der Waals surface area contributed by atoms with Crippen molar-refractivity contribution >= 4 is 101 Å². The van der Waals surface area contributed by atoms with Gasteiger partial charge in [0.25, 0.3) is 6.71 Å². The van der Waals surface area contributed by atoms with Crippen LogP contribution in [0.25, 0.3) is 122 Å². The predicted octanol–water partition coefficient (Wildman–Crippen LogP) is 27.7. The normalized spacial score (nSPS) is 13.4. The minimum absolute atomic E-state index is 0.101. The molecule has 15 aromatic carbocycles. The molecule has 0 unspecified atom stereocenters. The zero-order valence-corrected chi connectivity index (χ0v) is 67.1. The van der Waals surface area contributed by atoms with Crippen LogP contribution < -0.4 is 35.7 Å². The summed E-state index contributed by atoms with van der Waals surface area (Å²) in [6.45, 7) is 29.9. The van der Waals surface area contributed by atoms with E-state index in [0.29, 0.717) is 0 Å². The van der Waals surface area contributed by atoms with Crippen LogP contribution in [-0.4, -0.2) is 15.8 Å². The summed E-state index contributed by atoms with van der Waals surface area (Å²) in [5.41, 5.74) is 34.7. The van der Waals surface area contributed by atoms with E-state index in [1.54, 1.807) is 0 Å². The van der Waals surface area contributed by atoms with Crippen LogP contribution in [0.1, 0.15) is 111 Å². The lowest BCUT2D eigenvalue weighted by Crippen LogP contribution is -2.62. The molecular weight excluding hydrogens is 1380 g/mol. The molecule has 0 bridgehead atoms. The van der Waals surface area contributed by atoms with Crippen molar-refractivity contribution in [2.24, 2.45) is 0 Å². The number of ether oxygens (including phenoxy) is 2. The molecule has 6 nitrogen and oxygen atoms in total. The summed E-state index contributed by atoms with van der Waals surface area (Å²) in [6.07, 6.45) is 0. The van der Waals surface area contributed by atoms with Crippen LogP contribution in [0.4, 0.5) is 34.1 Å². The van der Waals surface area contributed by atoms with Crippen LogP contribution >= 0.6 is 0 Å². The first-order valence-corrected chi connectivity index (χ1v) is 40.4. The van der Waals surface area contributed by atoms with Gasteiger partial charge < -0.3 is 28.4 Å². The first kappa shape index (κ1) is 69.1. The fourth-order valence-electron chi connectivity index (χ4n) is 19.0.